The summed E-state index contributed by atoms with van der Waals surface area (Å²) in [4.78, 5) is 15.8. The van der Waals surface area contributed by atoms with Gasteiger partial charge in [0, 0.05) is 26.2 Å². The second-order valence-electron chi connectivity index (χ2n) is 8.20. The average Bonchev–Trinajstić information content (AvgIpc) is 3.29. The van der Waals surface area contributed by atoms with E-state index >= 15 is 0 Å². The molecule has 0 radical (unpaired) electrons. The van der Waals surface area contributed by atoms with Crippen molar-refractivity contribution in [3.8, 4) is 0 Å². The van der Waals surface area contributed by atoms with E-state index < -0.39 is 0 Å². The molecule has 2 saturated heterocycles. The zero-order valence-electron chi connectivity index (χ0n) is 17.3. The molecule has 0 amide bonds. The lowest BCUT2D eigenvalue weighted by Gasteiger charge is -2.35. The molecule has 0 N–H and O–H groups in total. The van der Waals surface area contributed by atoms with E-state index in [4.69, 9.17) is 9.37 Å². The first-order chi connectivity index (χ1) is 15.2. The van der Waals surface area contributed by atoms with Gasteiger partial charge in [-0.05, 0) is 47.1 Å². The van der Waals surface area contributed by atoms with Crippen molar-refractivity contribution in [3.05, 3.63) is 52.1 Å². The minimum atomic E-state index is -0.382. The van der Waals surface area contributed by atoms with Crippen molar-refractivity contribution in [1.82, 2.24) is 10.3 Å². The molecule has 2 fully saturated rings. The maximum Gasteiger partial charge on any atom is 0.323 e. The van der Waals surface area contributed by atoms with Crippen molar-refractivity contribution in [2.45, 2.75) is 19.3 Å². The van der Waals surface area contributed by atoms with Crippen LogP contribution in [0.25, 0.3) is 11.0 Å². The van der Waals surface area contributed by atoms with Crippen LogP contribution in [0.3, 0.4) is 0 Å². The van der Waals surface area contributed by atoms with Crippen molar-refractivity contribution in [3.63, 3.8) is 0 Å². The number of hydrogen-bond acceptors (Lipinski definition) is 8. The number of fused-ring (bicyclic) bond motifs is 1. The van der Waals surface area contributed by atoms with E-state index in [1.165, 1.54) is 5.56 Å². The number of piperidine rings is 1. The van der Waals surface area contributed by atoms with E-state index in [1.807, 2.05) is 17.0 Å². The Morgan fingerprint density at radius 2 is 1.65 bits per heavy atom. The summed E-state index contributed by atoms with van der Waals surface area (Å²) >= 11 is 0. The molecule has 0 atom stereocenters. The minimum absolute atomic E-state index is 0.0409. The van der Waals surface area contributed by atoms with Gasteiger partial charge in [-0.2, -0.15) is 0 Å². The molecular formula is C22H25N5O4. The summed E-state index contributed by atoms with van der Waals surface area (Å²) in [6, 6.07) is 12.5. The van der Waals surface area contributed by atoms with Crippen LogP contribution >= 0.6 is 0 Å². The molecule has 3 aromatic rings. The van der Waals surface area contributed by atoms with E-state index in [-0.39, 0.29) is 16.1 Å². The highest BCUT2D eigenvalue weighted by Crippen LogP contribution is 2.41. The molecule has 31 heavy (non-hydrogen) atoms. The molecule has 3 heterocycles. The van der Waals surface area contributed by atoms with Gasteiger partial charge in [0.05, 0.1) is 23.8 Å². The number of rotatable bonds is 5. The van der Waals surface area contributed by atoms with Gasteiger partial charge in [-0.25, -0.2) is 4.63 Å². The highest BCUT2D eigenvalue weighted by molar-refractivity contribution is 6.00. The van der Waals surface area contributed by atoms with Crippen LogP contribution in [-0.2, 0) is 11.2 Å². The SMILES string of the molecule is O=[N+]([O-])c1c(N2CCOCC2)cc(N2CCC(Cc3ccccc3)CC2)c2nonc12. The van der Waals surface area contributed by atoms with Crippen molar-refractivity contribution < 1.29 is 14.3 Å². The van der Waals surface area contributed by atoms with Crippen LogP contribution in [0, 0.1) is 16.0 Å². The Bertz CT molecular complexity index is 1060. The van der Waals surface area contributed by atoms with Crippen molar-refractivity contribution in [2.75, 3.05) is 49.2 Å². The molecule has 2 aromatic carbocycles. The number of ether oxygens (including phenoxy) is 1. The van der Waals surface area contributed by atoms with Crippen molar-refractivity contribution in [2.24, 2.45) is 5.92 Å². The van der Waals surface area contributed by atoms with Gasteiger partial charge >= 0.3 is 5.69 Å². The van der Waals surface area contributed by atoms with Crippen LogP contribution in [0.4, 0.5) is 17.1 Å². The Morgan fingerprint density at radius 1 is 0.968 bits per heavy atom. The quantitative estimate of drug-likeness (QED) is 0.455. The molecule has 1 aromatic heterocycles. The second-order valence-corrected chi connectivity index (χ2v) is 8.20. The first-order valence-electron chi connectivity index (χ1n) is 10.8. The zero-order chi connectivity index (χ0) is 21.2. The maximum absolute atomic E-state index is 11.9. The molecule has 162 valence electrons. The lowest BCUT2D eigenvalue weighted by atomic mass is 9.90. The highest BCUT2D eigenvalue weighted by atomic mass is 16.6. The van der Waals surface area contributed by atoms with Crippen LogP contribution in [-0.4, -0.2) is 54.6 Å². The Morgan fingerprint density at radius 3 is 2.35 bits per heavy atom. The van der Waals surface area contributed by atoms with Crippen LogP contribution in [0.5, 0.6) is 0 Å². The summed E-state index contributed by atoms with van der Waals surface area (Å²) < 4.78 is 10.4. The first kappa shape index (κ1) is 19.7. The Balaban J connectivity index is 1.43. The van der Waals surface area contributed by atoms with E-state index in [9.17, 15) is 10.1 Å². The molecule has 0 aliphatic carbocycles. The molecule has 0 bridgehead atoms. The van der Waals surface area contributed by atoms with Gasteiger partial charge < -0.3 is 14.5 Å². The monoisotopic (exact) mass is 423 g/mol. The summed E-state index contributed by atoms with van der Waals surface area (Å²) in [7, 11) is 0. The molecule has 0 spiro atoms. The van der Waals surface area contributed by atoms with Gasteiger partial charge in [-0.15, -0.1) is 0 Å². The molecule has 2 aliphatic heterocycles. The molecule has 9 nitrogen and oxygen atoms in total. The molecular weight excluding hydrogens is 398 g/mol. The average molecular weight is 423 g/mol. The smallest absolute Gasteiger partial charge is 0.323 e. The Kier molecular flexibility index (Phi) is 5.42. The van der Waals surface area contributed by atoms with Crippen LogP contribution in [0.15, 0.2) is 41.0 Å². The number of benzene rings is 2. The van der Waals surface area contributed by atoms with Gasteiger partial charge in [0.15, 0.2) is 5.52 Å². The van der Waals surface area contributed by atoms with Gasteiger partial charge in [0.2, 0.25) is 5.52 Å². The molecule has 5 rings (SSSR count). The zero-order valence-corrected chi connectivity index (χ0v) is 17.3. The number of aromatic nitrogens is 2. The van der Waals surface area contributed by atoms with Crippen molar-refractivity contribution in [1.29, 1.82) is 0 Å². The fraction of sp³-hybridized carbons (Fsp3) is 0.455. The molecule has 0 unspecified atom stereocenters. The number of hydrogen-bond donors (Lipinski definition) is 0. The topological polar surface area (TPSA) is 97.8 Å². The number of anilines is 2. The number of morpholine rings is 1. The van der Waals surface area contributed by atoms with E-state index in [2.05, 4.69) is 39.5 Å². The highest BCUT2D eigenvalue weighted by Gasteiger charge is 2.32. The van der Waals surface area contributed by atoms with E-state index in [0.717, 1.165) is 38.0 Å². The molecule has 2 aliphatic rings. The fourth-order valence-corrected chi connectivity index (χ4v) is 4.69. The molecule has 0 saturated carbocycles. The summed E-state index contributed by atoms with van der Waals surface area (Å²) in [6.45, 7) is 4.06. The predicted octanol–water partition coefficient (Wildman–Crippen LogP) is 3.43. The lowest BCUT2D eigenvalue weighted by Crippen LogP contribution is -2.37. The lowest BCUT2D eigenvalue weighted by molar-refractivity contribution is -0.382. The summed E-state index contributed by atoms with van der Waals surface area (Å²) in [6.07, 6.45) is 3.20. The fourth-order valence-electron chi connectivity index (χ4n) is 4.69. The van der Waals surface area contributed by atoms with E-state index in [0.29, 0.717) is 43.4 Å². The normalized spacial score (nSPS) is 17.9. The Hall–Kier alpha value is -3.20. The third kappa shape index (κ3) is 3.93. The maximum atomic E-state index is 11.9. The minimum Gasteiger partial charge on any atom is -0.378 e. The number of nitro groups is 1. The first-order valence-corrected chi connectivity index (χ1v) is 10.8. The number of nitrogens with zero attached hydrogens (tertiary/aromatic N) is 5. The number of nitro benzene ring substituents is 1. The summed E-state index contributed by atoms with van der Waals surface area (Å²) in [5.41, 5.74) is 3.44. The van der Waals surface area contributed by atoms with Gasteiger partial charge in [-0.3, -0.25) is 10.1 Å². The van der Waals surface area contributed by atoms with Gasteiger partial charge in [0.25, 0.3) is 0 Å². The largest absolute Gasteiger partial charge is 0.378 e. The summed E-state index contributed by atoms with van der Waals surface area (Å²) in [5, 5.41) is 19.8. The molecule has 9 heteroatoms. The van der Waals surface area contributed by atoms with Gasteiger partial charge in [-0.1, -0.05) is 30.3 Å². The van der Waals surface area contributed by atoms with E-state index in [1.54, 1.807) is 0 Å². The van der Waals surface area contributed by atoms with Crippen molar-refractivity contribution >= 4 is 28.1 Å². The van der Waals surface area contributed by atoms with Crippen LogP contribution in [0.1, 0.15) is 18.4 Å². The van der Waals surface area contributed by atoms with Crippen LogP contribution in [0.2, 0.25) is 0 Å². The summed E-state index contributed by atoms with van der Waals surface area (Å²) in [5.74, 6) is 0.626. The second kappa shape index (κ2) is 8.50. The standard InChI is InChI=1S/C22H25N5O4/c28-27(29)22-19(26-10-12-30-13-11-26)15-18(20-21(22)24-31-23-20)25-8-6-17(7-9-25)14-16-4-2-1-3-5-16/h1-5,15,17H,6-14H2. The van der Waals surface area contributed by atoms with Crippen LogP contribution < -0.4 is 9.80 Å². The predicted molar refractivity (Wildman–Crippen MR) is 117 cm³/mol. The third-order valence-electron chi connectivity index (χ3n) is 6.33. The third-order valence-corrected chi connectivity index (χ3v) is 6.33. The Labute approximate surface area is 179 Å². The van der Waals surface area contributed by atoms with Gasteiger partial charge in [0.1, 0.15) is 5.69 Å².